The molecule has 1 aromatic heterocycles. The molecule has 22 heavy (non-hydrogen) atoms. The average molecular weight is 314 g/mol. The molecule has 3 nitrogen and oxygen atoms in total. The largest absolute Gasteiger partial charge is 0.355 e. The second kappa shape index (κ2) is 8.59. The summed E-state index contributed by atoms with van der Waals surface area (Å²) >= 11 is 1.46. The molecule has 0 fully saturated rings. The first-order valence-corrected chi connectivity index (χ1v) is 8.53. The lowest BCUT2D eigenvalue weighted by Crippen LogP contribution is -2.27. The minimum Gasteiger partial charge on any atom is -0.355 e. The number of thioether (sulfide) groups is 1. The van der Waals surface area contributed by atoms with Gasteiger partial charge in [0, 0.05) is 12.7 Å². The highest BCUT2D eigenvalue weighted by Gasteiger charge is 2.03. The summed E-state index contributed by atoms with van der Waals surface area (Å²) in [5.74, 6) is 1.01. The van der Waals surface area contributed by atoms with E-state index in [1.807, 2.05) is 18.2 Å². The summed E-state index contributed by atoms with van der Waals surface area (Å²) in [7, 11) is 0. The van der Waals surface area contributed by atoms with Crippen molar-refractivity contribution < 1.29 is 4.79 Å². The molecule has 0 bridgehead atoms. The van der Waals surface area contributed by atoms with E-state index >= 15 is 0 Å². The van der Waals surface area contributed by atoms with Gasteiger partial charge in [-0.3, -0.25) is 4.79 Å². The minimum atomic E-state index is 0.0504. The van der Waals surface area contributed by atoms with Gasteiger partial charge in [0.1, 0.15) is 0 Å². The lowest BCUT2D eigenvalue weighted by Gasteiger charge is -2.08. The summed E-state index contributed by atoms with van der Waals surface area (Å²) < 4.78 is 0. The van der Waals surface area contributed by atoms with Gasteiger partial charge >= 0.3 is 0 Å². The van der Waals surface area contributed by atoms with Gasteiger partial charge in [-0.15, -0.1) is 0 Å². The molecule has 2 rings (SSSR count). The Bertz CT molecular complexity index is 582. The second-order valence-electron chi connectivity index (χ2n) is 5.45. The zero-order valence-electron chi connectivity index (χ0n) is 13.1. The van der Waals surface area contributed by atoms with E-state index < -0.39 is 0 Å². The van der Waals surface area contributed by atoms with Crippen LogP contribution >= 0.6 is 11.8 Å². The molecule has 1 amide bonds. The summed E-state index contributed by atoms with van der Waals surface area (Å²) in [6.45, 7) is 5.05. The van der Waals surface area contributed by atoms with Crippen LogP contribution in [0.5, 0.6) is 0 Å². The maximum Gasteiger partial charge on any atom is 0.230 e. The van der Waals surface area contributed by atoms with Crippen LogP contribution in [0, 0.1) is 0 Å². The highest BCUT2D eigenvalue weighted by molar-refractivity contribution is 7.99. The van der Waals surface area contributed by atoms with Crippen LogP contribution in [0.25, 0.3) is 0 Å². The van der Waals surface area contributed by atoms with E-state index in [4.69, 9.17) is 0 Å². The fraction of sp³-hybridized carbons (Fsp3) is 0.333. The molecule has 1 heterocycles. The first kappa shape index (κ1) is 16.6. The molecule has 0 saturated heterocycles. The van der Waals surface area contributed by atoms with Crippen molar-refractivity contribution in [2.24, 2.45) is 0 Å². The second-order valence-corrected chi connectivity index (χ2v) is 6.45. The van der Waals surface area contributed by atoms with Gasteiger partial charge in [0.05, 0.1) is 10.8 Å². The van der Waals surface area contributed by atoms with Gasteiger partial charge in [0.25, 0.3) is 0 Å². The number of nitrogens with zero attached hydrogens (tertiary/aromatic N) is 1. The molecule has 116 valence electrons. The number of hydrogen-bond donors (Lipinski definition) is 1. The fourth-order valence-electron chi connectivity index (χ4n) is 2.04. The highest BCUT2D eigenvalue weighted by Crippen LogP contribution is 2.15. The lowest BCUT2D eigenvalue weighted by molar-refractivity contribution is -0.118. The summed E-state index contributed by atoms with van der Waals surface area (Å²) in [6, 6.07) is 14.3. The quantitative estimate of drug-likeness (QED) is 0.793. The van der Waals surface area contributed by atoms with Crippen LogP contribution in [0.15, 0.2) is 53.7 Å². The molecule has 0 aliphatic heterocycles. The molecule has 1 aromatic carbocycles. The van der Waals surface area contributed by atoms with Gasteiger partial charge in [-0.1, -0.05) is 55.9 Å². The zero-order valence-corrected chi connectivity index (χ0v) is 13.9. The van der Waals surface area contributed by atoms with Crippen LogP contribution in [-0.2, 0) is 11.2 Å². The number of aromatic nitrogens is 1. The molecule has 2 aromatic rings. The maximum atomic E-state index is 11.8. The Morgan fingerprint density at radius 1 is 1.18 bits per heavy atom. The van der Waals surface area contributed by atoms with E-state index in [9.17, 15) is 4.79 Å². The van der Waals surface area contributed by atoms with Crippen molar-refractivity contribution in [2.45, 2.75) is 31.2 Å². The van der Waals surface area contributed by atoms with E-state index in [-0.39, 0.29) is 5.91 Å². The number of nitrogens with one attached hydrogen (secondary N) is 1. The molecule has 0 spiro atoms. The Kier molecular flexibility index (Phi) is 6.46. The molecular formula is C18H22N2OS. The number of carbonyl (C=O) groups excluding carboxylic acids is 1. The number of benzene rings is 1. The van der Waals surface area contributed by atoms with E-state index in [0.717, 1.165) is 11.4 Å². The third-order valence-electron chi connectivity index (χ3n) is 3.37. The number of rotatable bonds is 7. The Morgan fingerprint density at radius 2 is 1.95 bits per heavy atom. The summed E-state index contributed by atoms with van der Waals surface area (Å²) in [4.78, 5) is 16.0. The lowest BCUT2D eigenvalue weighted by atomic mass is 10.0. The molecule has 0 saturated carbocycles. The van der Waals surface area contributed by atoms with Crippen LogP contribution in [0.1, 0.15) is 30.9 Å². The molecule has 0 unspecified atom stereocenters. The van der Waals surface area contributed by atoms with Crippen molar-refractivity contribution in [3.05, 3.63) is 59.8 Å². The maximum absolute atomic E-state index is 11.8. The minimum absolute atomic E-state index is 0.0504. The highest BCUT2D eigenvalue weighted by atomic mass is 32.2. The normalized spacial score (nSPS) is 10.7. The third kappa shape index (κ3) is 5.53. The van der Waals surface area contributed by atoms with E-state index in [1.54, 1.807) is 6.20 Å². The number of pyridine rings is 1. The predicted molar refractivity (Wildman–Crippen MR) is 92.2 cm³/mol. The molecule has 4 heteroatoms. The average Bonchev–Trinajstić information content (AvgIpc) is 2.54. The van der Waals surface area contributed by atoms with Gasteiger partial charge in [0.2, 0.25) is 5.91 Å². The van der Waals surface area contributed by atoms with Crippen molar-refractivity contribution in [3.63, 3.8) is 0 Å². The first-order chi connectivity index (χ1) is 10.6. The van der Waals surface area contributed by atoms with Gasteiger partial charge in [-0.25, -0.2) is 4.98 Å². The third-order valence-corrected chi connectivity index (χ3v) is 4.31. The molecule has 0 aliphatic carbocycles. The van der Waals surface area contributed by atoms with Crippen LogP contribution in [0.3, 0.4) is 0 Å². The molecule has 0 radical (unpaired) electrons. The van der Waals surface area contributed by atoms with Crippen molar-refractivity contribution in [2.75, 3.05) is 12.3 Å². The Balaban J connectivity index is 1.68. The Morgan fingerprint density at radius 3 is 2.59 bits per heavy atom. The Hall–Kier alpha value is -1.81. The summed E-state index contributed by atoms with van der Waals surface area (Å²) in [6.07, 6.45) is 2.60. The smallest absolute Gasteiger partial charge is 0.230 e. The molecule has 1 N–H and O–H groups in total. The van der Waals surface area contributed by atoms with Crippen molar-refractivity contribution in [1.82, 2.24) is 10.3 Å². The summed E-state index contributed by atoms with van der Waals surface area (Å²) in [5, 5.41) is 3.83. The van der Waals surface area contributed by atoms with Crippen LogP contribution < -0.4 is 5.32 Å². The van der Waals surface area contributed by atoms with E-state index in [1.165, 1.54) is 22.9 Å². The molecule has 0 aliphatic rings. The number of hydrogen-bond acceptors (Lipinski definition) is 3. The van der Waals surface area contributed by atoms with Crippen molar-refractivity contribution in [1.29, 1.82) is 0 Å². The van der Waals surface area contributed by atoms with Crippen LogP contribution in [0.4, 0.5) is 0 Å². The number of carbonyl (C=O) groups is 1. The monoisotopic (exact) mass is 314 g/mol. The fourth-order valence-corrected chi connectivity index (χ4v) is 2.73. The van der Waals surface area contributed by atoms with E-state index in [2.05, 4.69) is 48.4 Å². The van der Waals surface area contributed by atoms with Gasteiger partial charge in [-0.05, 0) is 35.6 Å². The first-order valence-electron chi connectivity index (χ1n) is 7.54. The van der Waals surface area contributed by atoms with Crippen LogP contribution in [0.2, 0.25) is 0 Å². The molecular weight excluding hydrogens is 292 g/mol. The van der Waals surface area contributed by atoms with Gasteiger partial charge in [-0.2, -0.15) is 0 Å². The van der Waals surface area contributed by atoms with E-state index in [0.29, 0.717) is 18.2 Å². The van der Waals surface area contributed by atoms with Crippen molar-refractivity contribution >= 4 is 17.7 Å². The SMILES string of the molecule is CC(C)c1ccc(CCNC(=O)CSc2ccccn2)cc1. The predicted octanol–water partition coefficient (Wildman–Crippen LogP) is 3.66. The Labute approximate surface area is 136 Å². The summed E-state index contributed by atoms with van der Waals surface area (Å²) in [5.41, 5.74) is 2.60. The zero-order chi connectivity index (χ0) is 15.8. The van der Waals surface area contributed by atoms with Gasteiger partial charge < -0.3 is 5.32 Å². The van der Waals surface area contributed by atoms with Gasteiger partial charge in [0.15, 0.2) is 0 Å². The van der Waals surface area contributed by atoms with Crippen molar-refractivity contribution in [3.8, 4) is 0 Å². The topological polar surface area (TPSA) is 42.0 Å². The standard InChI is InChI=1S/C18H22N2OS/c1-14(2)16-8-6-15(7-9-16)10-12-19-17(21)13-22-18-5-3-4-11-20-18/h3-9,11,14H,10,12-13H2,1-2H3,(H,19,21). The number of amides is 1. The molecule has 0 atom stereocenters. The van der Waals surface area contributed by atoms with Crippen LogP contribution in [-0.4, -0.2) is 23.2 Å².